The number of nitrogens with zero attached hydrogens (tertiary/aromatic N) is 2. The Bertz CT molecular complexity index is 349. The monoisotopic (exact) mass is 254 g/mol. The summed E-state index contributed by atoms with van der Waals surface area (Å²) in [6.45, 7) is 4.88. The van der Waals surface area contributed by atoms with Crippen LogP contribution < -0.4 is 20.5 Å². The molecule has 18 heavy (non-hydrogen) atoms. The number of nitrogens with one attached hydrogen (secondary N) is 1. The Morgan fingerprint density at radius 3 is 2.17 bits per heavy atom. The number of nitrogens with two attached hydrogens (primary N) is 1. The van der Waals surface area contributed by atoms with Crippen LogP contribution in [0.15, 0.2) is 6.07 Å². The van der Waals surface area contributed by atoms with E-state index in [0.717, 1.165) is 6.42 Å². The molecule has 0 aromatic carbocycles. The molecule has 0 saturated carbocycles. The van der Waals surface area contributed by atoms with Crippen molar-refractivity contribution in [1.29, 1.82) is 0 Å². The molecule has 3 N–H and O–H groups in total. The Morgan fingerprint density at radius 2 is 1.78 bits per heavy atom. The van der Waals surface area contributed by atoms with E-state index >= 15 is 0 Å². The lowest BCUT2D eigenvalue weighted by molar-refractivity contribution is 0.371. The van der Waals surface area contributed by atoms with Gasteiger partial charge in [0.25, 0.3) is 0 Å². The number of hydrogen-bond donors (Lipinski definition) is 2. The van der Waals surface area contributed by atoms with Crippen molar-refractivity contribution in [3.05, 3.63) is 6.07 Å². The zero-order chi connectivity index (χ0) is 13.5. The van der Waals surface area contributed by atoms with E-state index in [2.05, 4.69) is 29.1 Å². The summed E-state index contributed by atoms with van der Waals surface area (Å²) in [5.74, 6) is 1.88. The van der Waals surface area contributed by atoms with Gasteiger partial charge in [0, 0.05) is 6.04 Å². The first-order valence-electron chi connectivity index (χ1n) is 6.04. The van der Waals surface area contributed by atoms with E-state index in [9.17, 15) is 0 Å². The highest BCUT2D eigenvalue weighted by atomic mass is 16.5. The second-order valence-corrected chi connectivity index (χ2v) is 4.35. The molecule has 6 heteroatoms. The van der Waals surface area contributed by atoms with Crippen molar-refractivity contribution in [2.24, 2.45) is 11.7 Å². The molecule has 102 valence electrons. The number of anilines is 1. The van der Waals surface area contributed by atoms with Gasteiger partial charge < -0.3 is 20.5 Å². The van der Waals surface area contributed by atoms with Crippen LogP contribution in [0.1, 0.15) is 20.3 Å². The second-order valence-electron chi connectivity index (χ2n) is 4.35. The number of ether oxygens (including phenoxy) is 2. The van der Waals surface area contributed by atoms with Gasteiger partial charge in [0.15, 0.2) is 0 Å². The molecule has 0 aliphatic carbocycles. The van der Waals surface area contributed by atoms with Gasteiger partial charge in [-0.25, -0.2) is 0 Å². The highest BCUT2D eigenvalue weighted by Crippen LogP contribution is 2.19. The number of rotatable bonds is 7. The van der Waals surface area contributed by atoms with Crippen LogP contribution >= 0.6 is 0 Å². The quantitative estimate of drug-likeness (QED) is 0.762. The number of hydrogen-bond acceptors (Lipinski definition) is 6. The van der Waals surface area contributed by atoms with Gasteiger partial charge in [-0.15, -0.1) is 0 Å². The maximum absolute atomic E-state index is 5.60. The van der Waals surface area contributed by atoms with E-state index in [0.29, 0.717) is 30.2 Å². The molecule has 0 aliphatic rings. The van der Waals surface area contributed by atoms with E-state index in [4.69, 9.17) is 15.2 Å². The molecule has 1 aromatic rings. The van der Waals surface area contributed by atoms with Crippen LogP contribution in [0.4, 0.5) is 5.95 Å². The molecule has 1 aromatic heterocycles. The fourth-order valence-corrected chi connectivity index (χ4v) is 1.60. The maximum Gasteiger partial charge on any atom is 0.229 e. The minimum Gasteiger partial charge on any atom is -0.481 e. The van der Waals surface area contributed by atoms with Crippen LogP contribution in [-0.4, -0.2) is 36.8 Å². The van der Waals surface area contributed by atoms with Gasteiger partial charge in [-0.3, -0.25) is 0 Å². The fourth-order valence-electron chi connectivity index (χ4n) is 1.60. The van der Waals surface area contributed by atoms with Crippen molar-refractivity contribution in [3.63, 3.8) is 0 Å². The van der Waals surface area contributed by atoms with Crippen LogP contribution in [0.5, 0.6) is 11.8 Å². The van der Waals surface area contributed by atoms with Crippen molar-refractivity contribution in [1.82, 2.24) is 9.97 Å². The molecular weight excluding hydrogens is 232 g/mol. The summed E-state index contributed by atoms with van der Waals surface area (Å²) in [5.41, 5.74) is 5.60. The molecule has 0 fully saturated rings. The van der Waals surface area contributed by atoms with E-state index in [1.54, 1.807) is 20.3 Å². The molecule has 0 spiro atoms. The minimum atomic E-state index is 0.229. The lowest BCUT2D eigenvalue weighted by Crippen LogP contribution is -2.29. The average Bonchev–Trinajstić information content (AvgIpc) is 2.37. The Balaban J connectivity index is 2.87. The zero-order valence-corrected chi connectivity index (χ0v) is 11.4. The van der Waals surface area contributed by atoms with Crippen molar-refractivity contribution in [2.45, 2.75) is 26.3 Å². The topological polar surface area (TPSA) is 82.3 Å². The molecular formula is C12H22N4O2. The van der Waals surface area contributed by atoms with Gasteiger partial charge in [-0.2, -0.15) is 9.97 Å². The maximum atomic E-state index is 5.60. The molecule has 0 aliphatic heterocycles. The summed E-state index contributed by atoms with van der Waals surface area (Å²) < 4.78 is 10.2. The van der Waals surface area contributed by atoms with E-state index < -0.39 is 0 Å². The zero-order valence-electron chi connectivity index (χ0n) is 11.4. The van der Waals surface area contributed by atoms with Crippen molar-refractivity contribution in [3.8, 4) is 11.8 Å². The lowest BCUT2D eigenvalue weighted by atomic mass is 10.0. The van der Waals surface area contributed by atoms with E-state index in [1.807, 2.05) is 0 Å². The average molecular weight is 254 g/mol. The standard InChI is InChI=1S/C12H22N4O2/c1-8(2)9(5-6-13)14-12-15-10(17-3)7-11(16-12)18-4/h7-9H,5-6,13H2,1-4H3,(H,14,15,16). The van der Waals surface area contributed by atoms with Crippen LogP contribution in [0.3, 0.4) is 0 Å². The molecule has 0 saturated heterocycles. The van der Waals surface area contributed by atoms with Gasteiger partial charge in [-0.1, -0.05) is 13.8 Å². The normalized spacial score (nSPS) is 12.3. The Labute approximate surface area is 108 Å². The predicted molar refractivity (Wildman–Crippen MR) is 71.1 cm³/mol. The third-order valence-corrected chi connectivity index (χ3v) is 2.69. The largest absolute Gasteiger partial charge is 0.481 e. The van der Waals surface area contributed by atoms with E-state index in [1.165, 1.54) is 0 Å². The summed E-state index contributed by atoms with van der Waals surface area (Å²) in [7, 11) is 3.12. The molecule has 1 rings (SSSR count). The summed E-state index contributed by atoms with van der Waals surface area (Å²) in [5, 5.41) is 3.27. The van der Waals surface area contributed by atoms with Crippen LogP contribution in [0.2, 0.25) is 0 Å². The first-order valence-corrected chi connectivity index (χ1v) is 6.04. The first-order chi connectivity index (χ1) is 8.60. The molecule has 0 bridgehead atoms. The van der Waals surface area contributed by atoms with Gasteiger partial charge in [-0.05, 0) is 18.9 Å². The Hall–Kier alpha value is -1.56. The summed E-state index contributed by atoms with van der Waals surface area (Å²) in [6, 6.07) is 1.87. The molecule has 0 amide bonds. The van der Waals surface area contributed by atoms with Crippen molar-refractivity contribution < 1.29 is 9.47 Å². The number of aromatic nitrogens is 2. The van der Waals surface area contributed by atoms with Gasteiger partial charge >= 0.3 is 0 Å². The second kappa shape index (κ2) is 7.00. The van der Waals surface area contributed by atoms with Crippen LogP contribution in [0, 0.1) is 5.92 Å². The molecule has 1 unspecified atom stereocenters. The Morgan fingerprint density at radius 1 is 1.22 bits per heavy atom. The highest BCUT2D eigenvalue weighted by Gasteiger charge is 2.15. The smallest absolute Gasteiger partial charge is 0.229 e. The van der Waals surface area contributed by atoms with Crippen LogP contribution in [0.25, 0.3) is 0 Å². The molecule has 1 atom stereocenters. The predicted octanol–water partition coefficient (Wildman–Crippen LogP) is 1.28. The highest BCUT2D eigenvalue weighted by molar-refractivity contribution is 5.34. The SMILES string of the molecule is COc1cc(OC)nc(NC(CCN)C(C)C)n1. The molecule has 0 radical (unpaired) electrons. The van der Waals surface area contributed by atoms with Crippen molar-refractivity contribution in [2.75, 3.05) is 26.1 Å². The molecule has 6 nitrogen and oxygen atoms in total. The Kier molecular flexibility index (Phi) is 5.64. The van der Waals surface area contributed by atoms with Crippen molar-refractivity contribution >= 4 is 5.95 Å². The third-order valence-electron chi connectivity index (χ3n) is 2.69. The van der Waals surface area contributed by atoms with Gasteiger partial charge in [0.1, 0.15) is 0 Å². The summed E-state index contributed by atoms with van der Waals surface area (Å²) in [4.78, 5) is 8.48. The van der Waals surface area contributed by atoms with Gasteiger partial charge in [0.05, 0.1) is 20.3 Å². The summed E-state index contributed by atoms with van der Waals surface area (Å²) in [6.07, 6.45) is 0.862. The minimum absolute atomic E-state index is 0.229. The van der Waals surface area contributed by atoms with Gasteiger partial charge in [0.2, 0.25) is 17.7 Å². The lowest BCUT2D eigenvalue weighted by Gasteiger charge is -2.22. The molecule has 1 heterocycles. The third kappa shape index (κ3) is 4.03. The number of methoxy groups -OCH3 is 2. The summed E-state index contributed by atoms with van der Waals surface area (Å²) >= 11 is 0. The van der Waals surface area contributed by atoms with E-state index in [-0.39, 0.29) is 6.04 Å². The first kappa shape index (κ1) is 14.5. The fraction of sp³-hybridized carbons (Fsp3) is 0.667. The van der Waals surface area contributed by atoms with Crippen LogP contribution in [-0.2, 0) is 0 Å².